The van der Waals surface area contributed by atoms with Crippen molar-refractivity contribution >= 4 is 12.1 Å². The first-order valence-corrected chi connectivity index (χ1v) is 7.16. The van der Waals surface area contributed by atoms with Crippen molar-refractivity contribution in [3.05, 3.63) is 0 Å². The minimum Gasteiger partial charge on any atom is -0.481 e. The summed E-state index contributed by atoms with van der Waals surface area (Å²) in [6, 6.07) is 0. The van der Waals surface area contributed by atoms with Crippen molar-refractivity contribution in [1.82, 2.24) is 4.90 Å². The van der Waals surface area contributed by atoms with Crippen LogP contribution in [0.4, 0.5) is 4.79 Å². The molecule has 2 atom stereocenters. The highest BCUT2D eigenvalue weighted by molar-refractivity contribution is 5.74. The van der Waals surface area contributed by atoms with Gasteiger partial charge in [0.1, 0.15) is 5.60 Å². The fourth-order valence-electron chi connectivity index (χ4n) is 2.87. The summed E-state index contributed by atoms with van der Waals surface area (Å²) in [6.45, 7) is 12.2. The van der Waals surface area contributed by atoms with Crippen molar-refractivity contribution < 1.29 is 19.4 Å². The Balaban J connectivity index is 2.69. The molecule has 5 nitrogen and oxygen atoms in total. The Labute approximate surface area is 121 Å². The Morgan fingerprint density at radius 2 is 1.75 bits per heavy atom. The van der Waals surface area contributed by atoms with E-state index in [0.29, 0.717) is 19.5 Å². The van der Waals surface area contributed by atoms with E-state index in [1.165, 1.54) is 0 Å². The SMILES string of the molecule is CC1CN(C(=O)OC(C)(C)C)CCC1C(C)(C)C(=O)O. The van der Waals surface area contributed by atoms with Gasteiger partial charge in [0.25, 0.3) is 0 Å². The molecule has 0 spiro atoms. The first kappa shape index (κ1) is 16.8. The van der Waals surface area contributed by atoms with Crippen LogP contribution in [0.15, 0.2) is 0 Å². The molecule has 1 amide bonds. The summed E-state index contributed by atoms with van der Waals surface area (Å²) in [4.78, 5) is 25.1. The molecule has 1 rings (SSSR count). The molecular weight excluding hydrogens is 258 g/mol. The number of hydrogen-bond acceptors (Lipinski definition) is 3. The van der Waals surface area contributed by atoms with Gasteiger partial charge < -0.3 is 14.7 Å². The molecule has 1 aliphatic heterocycles. The van der Waals surface area contributed by atoms with Crippen LogP contribution in [0.25, 0.3) is 0 Å². The molecule has 0 aromatic carbocycles. The van der Waals surface area contributed by atoms with Crippen LogP contribution in [0.3, 0.4) is 0 Å². The molecule has 2 unspecified atom stereocenters. The molecule has 0 aromatic heterocycles. The van der Waals surface area contributed by atoms with Crippen LogP contribution in [0.5, 0.6) is 0 Å². The lowest BCUT2D eigenvalue weighted by Gasteiger charge is -2.42. The van der Waals surface area contributed by atoms with Gasteiger partial charge in [-0.15, -0.1) is 0 Å². The molecule has 0 saturated carbocycles. The fourth-order valence-corrected chi connectivity index (χ4v) is 2.87. The van der Waals surface area contributed by atoms with Gasteiger partial charge in [-0.1, -0.05) is 6.92 Å². The number of aliphatic carboxylic acids is 1. The maximum Gasteiger partial charge on any atom is 0.410 e. The number of carbonyl (C=O) groups excluding carboxylic acids is 1. The number of likely N-dealkylation sites (tertiary alicyclic amines) is 1. The maximum atomic E-state index is 12.0. The van der Waals surface area contributed by atoms with E-state index in [2.05, 4.69) is 0 Å². The van der Waals surface area contributed by atoms with Crippen LogP contribution in [-0.2, 0) is 9.53 Å². The number of nitrogens with zero attached hydrogens (tertiary/aromatic N) is 1. The first-order chi connectivity index (χ1) is 8.95. The van der Waals surface area contributed by atoms with E-state index in [1.807, 2.05) is 27.7 Å². The molecule has 1 heterocycles. The number of carboxylic acids is 1. The molecule has 1 saturated heterocycles. The molecular formula is C15H27NO4. The van der Waals surface area contributed by atoms with Crippen LogP contribution >= 0.6 is 0 Å². The molecule has 0 radical (unpaired) electrons. The molecule has 0 aliphatic carbocycles. The number of amides is 1. The number of carbonyl (C=O) groups is 2. The van der Waals surface area contributed by atoms with Gasteiger partial charge in [0.15, 0.2) is 0 Å². The zero-order chi connectivity index (χ0) is 15.7. The standard InChI is InChI=1S/C15H27NO4/c1-10-9-16(13(19)20-14(2,3)4)8-7-11(10)15(5,6)12(17)18/h10-11H,7-9H2,1-6H3,(H,17,18). The summed E-state index contributed by atoms with van der Waals surface area (Å²) in [5.74, 6) is -0.568. The van der Waals surface area contributed by atoms with E-state index in [1.54, 1.807) is 18.7 Å². The van der Waals surface area contributed by atoms with Crippen molar-refractivity contribution in [3.63, 3.8) is 0 Å². The summed E-state index contributed by atoms with van der Waals surface area (Å²) in [5, 5.41) is 9.33. The Morgan fingerprint density at radius 3 is 2.15 bits per heavy atom. The lowest BCUT2D eigenvalue weighted by molar-refractivity contribution is -0.152. The molecule has 1 N–H and O–H groups in total. The number of piperidine rings is 1. The van der Waals surface area contributed by atoms with E-state index in [-0.39, 0.29) is 17.9 Å². The van der Waals surface area contributed by atoms with Gasteiger partial charge in [0.05, 0.1) is 5.41 Å². The van der Waals surface area contributed by atoms with E-state index in [4.69, 9.17) is 4.74 Å². The normalized spacial score (nSPS) is 24.4. The summed E-state index contributed by atoms with van der Waals surface area (Å²) in [6.07, 6.45) is 0.385. The lowest BCUT2D eigenvalue weighted by Crippen LogP contribution is -2.49. The second-order valence-electron chi connectivity index (χ2n) is 7.33. The zero-order valence-corrected chi connectivity index (χ0v) is 13.4. The molecule has 1 aliphatic rings. The summed E-state index contributed by atoms with van der Waals surface area (Å²) in [5.41, 5.74) is -1.27. The van der Waals surface area contributed by atoms with Gasteiger partial charge in [-0.25, -0.2) is 4.79 Å². The molecule has 20 heavy (non-hydrogen) atoms. The van der Waals surface area contributed by atoms with Crippen molar-refractivity contribution in [2.45, 2.75) is 53.6 Å². The van der Waals surface area contributed by atoms with Crippen molar-refractivity contribution in [1.29, 1.82) is 0 Å². The highest BCUT2D eigenvalue weighted by Crippen LogP contribution is 2.38. The zero-order valence-electron chi connectivity index (χ0n) is 13.4. The van der Waals surface area contributed by atoms with E-state index < -0.39 is 17.0 Å². The topological polar surface area (TPSA) is 66.8 Å². The minimum atomic E-state index is -0.778. The van der Waals surface area contributed by atoms with Gasteiger partial charge in [-0.3, -0.25) is 4.79 Å². The van der Waals surface area contributed by atoms with Gasteiger partial charge in [0, 0.05) is 13.1 Å². The van der Waals surface area contributed by atoms with Crippen LogP contribution in [0.1, 0.15) is 48.0 Å². The predicted octanol–water partition coefficient (Wildman–Crippen LogP) is 2.99. The van der Waals surface area contributed by atoms with Gasteiger partial charge in [-0.2, -0.15) is 0 Å². The summed E-state index contributed by atoms with van der Waals surface area (Å²) < 4.78 is 5.36. The number of rotatable bonds is 2. The largest absolute Gasteiger partial charge is 0.481 e. The summed E-state index contributed by atoms with van der Waals surface area (Å²) in [7, 11) is 0. The molecule has 0 aromatic rings. The Hall–Kier alpha value is -1.26. The third-order valence-corrected chi connectivity index (χ3v) is 4.04. The Kier molecular flexibility index (Phi) is 4.72. The van der Waals surface area contributed by atoms with E-state index in [9.17, 15) is 14.7 Å². The van der Waals surface area contributed by atoms with Crippen LogP contribution in [-0.4, -0.2) is 40.8 Å². The second kappa shape index (κ2) is 5.62. The fraction of sp³-hybridized carbons (Fsp3) is 0.867. The van der Waals surface area contributed by atoms with Gasteiger partial charge in [0.2, 0.25) is 0 Å². The third kappa shape index (κ3) is 3.87. The second-order valence-corrected chi connectivity index (χ2v) is 7.33. The Bertz CT molecular complexity index is 384. The Morgan fingerprint density at radius 1 is 1.20 bits per heavy atom. The quantitative estimate of drug-likeness (QED) is 0.847. The summed E-state index contributed by atoms with van der Waals surface area (Å²) >= 11 is 0. The average molecular weight is 285 g/mol. The van der Waals surface area contributed by atoms with E-state index >= 15 is 0 Å². The number of ether oxygens (including phenoxy) is 1. The number of hydrogen-bond donors (Lipinski definition) is 1. The van der Waals surface area contributed by atoms with Crippen LogP contribution in [0, 0.1) is 17.3 Å². The van der Waals surface area contributed by atoms with E-state index in [0.717, 1.165) is 0 Å². The van der Waals surface area contributed by atoms with Gasteiger partial charge in [-0.05, 0) is 52.9 Å². The predicted molar refractivity (Wildman–Crippen MR) is 76.5 cm³/mol. The molecule has 0 bridgehead atoms. The minimum absolute atomic E-state index is 0.0682. The van der Waals surface area contributed by atoms with Crippen molar-refractivity contribution in [2.75, 3.05) is 13.1 Å². The molecule has 5 heteroatoms. The molecule has 1 fully saturated rings. The third-order valence-electron chi connectivity index (χ3n) is 4.04. The highest BCUT2D eigenvalue weighted by atomic mass is 16.6. The van der Waals surface area contributed by atoms with Crippen LogP contribution < -0.4 is 0 Å². The maximum absolute atomic E-state index is 12.0. The lowest BCUT2D eigenvalue weighted by atomic mass is 9.69. The molecule has 116 valence electrons. The highest BCUT2D eigenvalue weighted by Gasteiger charge is 2.43. The first-order valence-electron chi connectivity index (χ1n) is 7.16. The monoisotopic (exact) mass is 285 g/mol. The average Bonchev–Trinajstić information content (AvgIpc) is 2.25. The number of carboxylic acid groups (broad SMARTS) is 1. The van der Waals surface area contributed by atoms with Gasteiger partial charge >= 0.3 is 12.1 Å². The van der Waals surface area contributed by atoms with Crippen LogP contribution in [0.2, 0.25) is 0 Å². The smallest absolute Gasteiger partial charge is 0.410 e. The van der Waals surface area contributed by atoms with Crippen molar-refractivity contribution in [2.24, 2.45) is 17.3 Å². The van der Waals surface area contributed by atoms with Crippen molar-refractivity contribution in [3.8, 4) is 0 Å².